The Balaban J connectivity index is 2.00. The summed E-state index contributed by atoms with van der Waals surface area (Å²) in [5, 5.41) is 5.43. The molecule has 0 fully saturated rings. The van der Waals surface area contributed by atoms with Gasteiger partial charge in [-0.1, -0.05) is 12.1 Å². The highest BCUT2D eigenvalue weighted by atomic mass is 32.1. The van der Waals surface area contributed by atoms with Gasteiger partial charge in [0.1, 0.15) is 5.82 Å². The van der Waals surface area contributed by atoms with Crippen LogP contribution < -0.4 is 5.32 Å². The summed E-state index contributed by atoms with van der Waals surface area (Å²) in [5.74, 6) is 0.0862. The fraction of sp³-hybridized carbons (Fsp3) is 0.400. The molecule has 1 heterocycles. The zero-order chi connectivity index (χ0) is 14.2. The molecule has 20 heavy (non-hydrogen) atoms. The normalized spacial score (nSPS) is 12.5. The van der Waals surface area contributed by atoms with Gasteiger partial charge in [0.25, 0.3) is 0 Å². The highest BCUT2D eigenvalue weighted by Crippen LogP contribution is 2.20. The van der Waals surface area contributed by atoms with Crippen LogP contribution in [-0.4, -0.2) is 31.8 Å². The van der Waals surface area contributed by atoms with Gasteiger partial charge < -0.3 is 10.1 Å². The predicted molar refractivity (Wildman–Crippen MR) is 79.7 cm³/mol. The smallest absolute Gasteiger partial charge is 0.123 e. The molecule has 0 amide bonds. The van der Waals surface area contributed by atoms with Crippen LogP contribution in [0.15, 0.2) is 35.2 Å². The van der Waals surface area contributed by atoms with Gasteiger partial charge in [-0.3, -0.25) is 0 Å². The second-order valence-corrected chi connectivity index (χ2v) is 5.35. The third-order valence-corrected chi connectivity index (χ3v) is 3.79. The monoisotopic (exact) mass is 294 g/mol. The van der Waals surface area contributed by atoms with E-state index in [0.717, 1.165) is 30.8 Å². The van der Waals surface area contributed by atoms with Crippen molar-refractivity contribution in [2.45, 2.75) is 12.3 Å². The molecule has 3 nitrogen and oxygen atoms in total. The molecule has 0 aliphatic rings. The number of hydrogen-bond acceptors (Lipinski definition) is 4. The van der Waals surface area contributed by atoms with Crippen LogP contribution in [0.1, 0.15) is 17.2 Å². The average Bonchev–Trinajstić information content (AvgIpc) is 2.96. The van der Waals surface area contributed by atoms with Gasteiger partial charge in [-0.15, -0.1) is 11.3 Å². The molecule has 1 aromatic heterocycles. The largest absolute Gasteiger partial charge is 0.383 e. The summed E-state index contributed by atoms with van der Waals surface area (Å²) in [7, 11) is 1.69. The molecule has 1 N–H and O–H groups in total. The molecule has 0 spiro atoms. The lowest BCUT2D eigenvalue weighted by atomic mass is 9.94. The number of hydrogen-bond donors (Lipinski definition) is 1. The first-order valence-corrected chi connectivity index (χ1v) is 7.56. The van der Waals surface area contributed by atoms with Crippen molar-refractivity contribution in [1.82, 2.24) is 10.3 Å². The fourth-order valence-electron chi connectivity index (χ4n) is 2.08. The Labute approximate surface area is 122 Å². The lowest BCUT2D eigenvalue weighted by Gasteiger charge is -2.17. The van der Waals surface area contributed by atoms with Gasteiger partial charge in [0, 0.05) is 31.5 Å². The number of benzene rings is 1. The Kier molecular flexibility index (Phi) is 6.11. The van der Waals surface area contributed by atoms with Crippen LogP contribution in [0.5, 0.6) is 0 Å². The molecule has 1 atom stereocenters. The van der Waals surface area contributed by atoms with Crippen LogP contribution in [0.3, 0.4) is 0 Å². The Morgan fingerprint density at radius 1 is 1.35 bits per heavy atom. The Morgan fingerprint density at radius 2 is 2.15 bits per heavy atom. The van der Waals surface area contributed by atoms with E-state index >= 15 is 0 Å². The van der Waals surface area contributed by atoms with Crippen LogP contribution in [0.2, 0.25) is 0 Å². The van der Waals surface area contributed by atoms with Crippen molar-refractivity contribution < 1.29 is 9.13 Å². The maximum absolute atomic E-state index is 13.0. The van der Waals surface area contributed by atoms with Crippen molar-refractivity contribution in [2.24, 2.45) is 0 Å². The number of thiazole rings is 1. The van der Waals surface area contributed by atoms with Gasteiger partial charge in [0.05, 0.1) is 17.8 Å². The summed E-state index contributed by atoms with van der Waals surface area (Å²) in [5.41, 5.74) is 4.05. The van der Waals surface area contributed by atoms with Crippen molar-refractivity contribution in [3.05, 3.63) is 52.2 Å². The van der Waals surface area contributed by atoms with E-state index in [0.29, 0.717) is 6.61 Å². The zero-order valence-corrected chi connectivity index (χ0v) is 12.3. The van der Waals surface area contributed by atoms with E-state index in [-0.39, 0.29) is 11.7 Å². The van der Waals surface area contributed by atoms with E-state index in [1.807, 2.05) is 17.6 Å². The number of nitrogens with one attached hydrogen (secondary N) is 1. The third-order valence-electron chi connectivity index (χ3n) is 3.15. The van der Waals surface area contributed by atoms with Crippen LogP contribution >= 0.6 is 11.3 Å². The third kappa shape index (κ3) is 4.67. The second kappa shape index (κ2) is 8.09. The molecule has 0 aliphatic carbocycles. The standard InChI is InChI=1S/C15H19FN2OS/c1-19-7-6-17-9-13(8-15-10-20-11-18-15)12-2-4-14(16)5-3-12/h2-5,10-11,13,17H,6-9H2,1H3. The molecule has 0 bridgehead atoms. The first kappa shape index (κ1) is 15.1. The second-order valence-electron chi connectivity index (χ2n) is 4.63. The SMILES string of the molecule is COCCNCC(Cc1cscn1)c1ccc(F)cc1. The topological polar surface area (TPSA) is 34.1 Å². The summed E-state index contributed by atoms with van der Waals surface area (Å²) < 4.78 is 18.1. The van der Waals surface area contributed by atoms with Gasteiger partial charge in [0.15, 0.2) is 0 Å². The minimum Gasteiger partial charge on any atom is -0.383 e. The van der Waals surface area contributed by atoms with E-state index in [4.69, 9.17) is 4.74 Å². The molecule has 0 saturated heterocycles. The molecule has 0 saturated carbocycles. The summed E-state index contributed by atoms with van der Waals surface area (Å²) in [4.78, 5) is 4.34. The van der Waals surface area contributed by atoms with Crippen molar-refractivity contribution in [1.29, 1.82) is 0 Å². The number of rotatable bonds is 8. The van der Waals surface area contributed by atoms with Gasteiger partial charge in [-0.2, -0.15) is 0 Å². The van der Waals surface area contributed by atoms with Crippen molar-refractivity contribution in [3.63, 3.8) is 0 Å². The van der Waals surface area contributed by atoms with Gasteiger partial charge in [-0.05, 0) is 24.1 Å². The molecule has 0 radical (unpaired) electrons. The zero-order valence-electron chi connectivity index (χ0n) is 11.5. The summed E-state index contributed by atoms with van der Waals surface area (Å²) in [6, 6.07) is 6.73. The van der Waals surface area contributed by atoms with E-state index in [1.54, 1.807) is 18.4 Å². The van der Waals surface area contributed by atoms with E-state index in [9.17, 15) is 4.39 Å². The van der Waals surface area contributed by atoms with Gasteiger partial charge in [-0.25, -0.2) is 9.37 Å². The van der Waals surface area contributed by atoms with Crippen molar-refractivity contribution >= 4 is 11.3 Å². The summed E-state index contributed by atoms with van der Waals surface area (Å²) in [6.45, 7) is 2.32. The molecule has 2 rings (SSSR count). The van der Waals surface area contributed by atoms with Crippen LogP contribution in [-0.2, 0) is 11.2 Å². The summed E-state index contributed by atoms with van der Waals surface area (Å²) >= 11 is 1.60. The minimum atomic E-state index is -0.200. The fourth-order valence-corrected chi connectivity index (χ4v) is 2.66. The van der Waals surface area contributed by atoms with Crippen molar-refractivity contribution in [3.8, 4) is 0 Å². The number of halogens is 1. The predicted octanol–water partition coefficient (Wildman–Crippen LogP) is 2.84. The average molecular weight is 294 g/mol. The maximum Gasteiger partial charge on any atom is 0.123 e. The van der Waals surface area contributed by atoms with Crippen LogP contribution in [0.4, 0.5) is 4.39 Å². The van der Waals surface area contributed by atoms with E-state index in [1.165, 1.54) is 12.1 Å². The Hall–Kier alpha value is -1.30. The molecule has 5 heteroatoms. The molecule has 108 valence electrons. The lowest BCUT2D eigenvalue weighted by molar-refractivity contribution is 0.199. The first-order valence-electron chi connectivity index (χ1n) is 6.61. The van der Waals surface area contributed by atoms with Crippen LogP contribution in [0.25, 0.3) is 0 Å². The molecule has 1 aromatic carbocycles. The Bertz CT molecular complexity index is 487. The molecule has 2 aromatic rings. The highest BCUT2D eigenvalue weighted by molar-refractivity contribution is 7.07. The number of nitrogens with zero attached hydrogens (tertiary/aromatic N) is 1. The minimum absolute atomic E-state index is 0.200. The highest BCUT2D eigenvalue weighted by Gasteiger charge is 2.13. The van der Waals surface area contributed by atoms with E-state index < -0.39 is 0 Å². The van der Waals surface area contributed by atoms with Gasteiger partial charge in [0.2, 0.25) is 0 Å². The van der Waals surface area contributed by atoms with Gasteiger partial charge >= 0.3 is 0 Å². The molecular weight excluding hydrogens is 275 g/mol. The lowest BCUT2D eigenvalue weighted by Crippen LogP contribution is -2.26. The van der Waals surface area contributed by atoms with Crippen LogP contribution in [0, 0.1) is 5.82 Å². The molecule has 1 unspecified atom stereocenters. The number of ether oxygens (including phenoxy) is 1. The molecular formula is C15H19FN2OS. The Morgan fingerprint density at radius 3 is 2.80 bits per heavy atom. The summed E-state index contributed by atoms with van der Waals surface area (Å²) in [6.07, 6.45) is 0.856. The number of aromatic nitrogens is 1. The molecule has 0 aliphatic heterocycles. The first-order chi connectivity index (χ1) is 9.79. The quantitative estimate of drug-likeness (QED) is 0.760. The number of methoxy groups -OCH3 is 1. The van der Waals surface area contributed by atoms with Crippen molar-refractivity contribution in [2.75, 3.05) is 26.8 Å². The maximum atomic E-state index is 13.0. The van der Waals surface area contributed by atoms with E-state index in [2.05, 4.69) is 15.7 Å².